The number of nitrogens with one attached hydrogen (secondary N) is 1. The average molecular weight is 398 g/mol. The minimum Gasteiger partial charge on any atom is -0.486 e. The summed E-state index contributed by atoms with van der Waals surface area (Å²) in [5, 5.41) is 5.52. The Morgan fingerprint density at radius 1 is 1.29 bits per heavy atom. The molecule has 3 N–H and O–H groups in total. The molecule has 0 aliphatic rings. The van der Waals surface area contributed by atoms with Gasteiger partial charge in [0.15, 0.2) is 0 Å². The maximum absolute atomic E-state index is 11.8. The minimum absolute atomic E-state index is 0.101. The number of thiazole rings is 1. The summed E-state index contributed by atoms with van der Waals surface area (Å²) in [6.45, 7) is 4.63. The van der Waals surface area contributed by atoms with Crippen LogP contribution in [0.15, 0.2) is 41.8 Å². The molecule has 0 aliphatic carbocycles. The third kappa shape index (κ3) is 4.58. The van der Waals surface area contributed by atoms with E-state index in [4.69, 9.17) is 10.5 Å². The maximum atomic E-state index is 11.8. The highest BCUT2D eigenvalue weighted by atomic mass is 32.1. The number of ether oxygens (including phenoxy) is 1. The molecule has 0 unspecified atom stereocenters. The summed E-state index contributed by atoms with van der Waals surface area (Å²) < 4.78 is 7.70. The summed E-state index contributed by atoms with van der Waals surface area (Å²) in [6, 6.07) is 11.3. The molecule has 0 radical (unpaired) electrons. The van der Waals surface area contributed by atoms with Gasteiger partial charge in [-0.1, -0.05) is 18.2 Å². The number of nitrogens with two attached hydrogens (primary N) is 1. The van der Waals surface area contributed by atoms with Crippen molar-refractivity contribution in [3.05, 3.63) is 58.0 Å². The zero-order chi connectivity index (χ0) is 20.1. The quantitative estimate of drug-likeness (QED) is 0.609. The van der Waals surface area contributed by atoms with Crippen LogP contribution in [-0.4, -0.2) is 27.9 Å². The first-order valence-electron chi connectivity index (χ1n) is 8.82. The first kappa shape index (κ1) is 19.6. The van der Waals surface area contributed by atoms with Gasteiger partial charge in [-0.05, 0) is 25.1 Å². The van der Waals surface area contributed by atoms with E-state index in [0.717, 1.165) is 27.8 Å². The zero-order valence-corrected chi connectivity index (χ0v) is 16.6. The topological polar surface area (TPSA) is 99.2 Å². The summed E-state index contributed by atoms with van der Waals surface area (Å²) in [4.78, 5) is 27.6. The van der Waals surface area contributed by atoms with Gasteiger partial charge in [0, 0.05) is 31.1 Å². The van der Waals surface area contributed by atoms with Gasteiger partial charge in [-0.15, -0.1) is 11.3 Å². The molecule has 0 aliphatic heterocycles. The zero-order valence-electron chi connectivity index (χ0n) is 15.8. The largest absolute Gasteiger partial charge is 0.486 e. The van der Waals surface area contributed by atoms with Crippen LogP contribution < -0.4 is 15.8 Å². The molecule has 0 saturated carbocycles. The van der Waals surface area contributed by atoms with E-state index in [-0.39, 0.29) is 5.91 Å². The van der Waals surface area contributed by atoms with Gasteiger partial charge < -0.3 is 20.4 Å². The number of nitrogens with zero attached hydrogens (tertiary/aromatic N) is 2. The molecule has 2 heterocycles. The van der Waals surface area contributed by atoms with Crippen molar-refractivity contribution in [2.24, 2.45) is 5.73 Å². The average Bonchev–Trinajstić information content (AvgIpc) is 3.26. The normalized spacial score (nSPS) is 10.6. The van der Waals surface area contributed by atoms with Crippen LogP contribution in [0.3, 0.4) is 0 Å². The predicted octanol–water partition coefficient (Wildman–Crippen LogP) is 2.73. The number of benzene rings is 1. The molecule has 2 aromatic heterocycles. The third-order valence-electron chi connectivity index (χ3n) is 4.26. The maximum Gasteiger partial charge on any atom is 0.250 e. The predicted molar refractivity (Wildman–Crippen MR) is 108 cm³/mol. The van der Waals surface area contributed by atoms with Gasteiger partial charge in [0.05, 0.1) is 17.0 Å². The van der Waals surface area contributed by atoms with Crippen LogP contribution in [0.2, 0.25) is 0 Å². The Morgan fingerprint density at radius 3 is 2.71 bits per heavy atom. The molecule has 0 spiro atoms. The lowest BCUT2D eigenvalue weighted by molar-refractivity contribution is -0.118. The van der Waals surface area contributed by atoms with Crippen molar-refractivity contribution < 1.29 is 14.3 Å². The van der Waals surface area contributed by atoms with Crippen molar-refractivity contribution in [3.8, 4) is 17.1 Å². The van der Waals surface area contributed by atoms with Gasteiger partial charge in [0.25, 0.3) is 5.91 Å². The first-order valence-corrected chi connectivity index (χ1v) is 9.70. The second-order valence-electron chi connectivity index (χ2n) is 6.26. The molecule has 146 valence electrons. The van der Waals surface area contributed by atoms with Crippen molar-refractivity contribution in [2.45, 2.75) is 27.0 Å². The molecular weight excluding hydrogens is 376 g/mol. The fourth-order valence-electron chi connectivity index (χ4n) is 2.90. The van der Waals surface area contributed by atoms with Crippen LogP contribution in [0.5, 0.6) is 5.75 Å². The Kier molecular flexibility index (Phi) is 6.10. The van der Waals surface area contributed by atoms with Crippen LogP contribution in [0.4, 0.5) is 0 Å². The second-order valence-corrected chi connectivity index (χ2v) is 7.20. The summed E-state index contributed by atoms with van der Waals surface area (Å²) >= 11 is 1.49. The van der Waals surface area contributed by atoms with E-state index in [2.05, 4.69) is 10.3 Å². The van der Waals surface area contributed by atoms with Crippen molar-refractivity contribution in [3.63, 3.8) is 0 Å². The number of aromatic nitrogens is 2. The summed E-state index contributed by atoms with van der Waals surface area (Å²) in [7, 11) is 0. The molecule has 3 aromatic rings. The molecule has 8 heteroatoms. The van der Waals surface area contributed by atoms with Crippen molar-refractivity contribution in [1.82, 2.24) is 14.9 Å². The van der Waals surface area contributed by atoms with Crippen LogP contribution in [-0.2, 0) is 17.9 Å². The molecule has 0 atom stereocenters. The first-order chi connectivity index (χ1) is 13.5. The van der Waals surface area contributed by atoms with E-state index in [9.17, 15) is 9.59 Å². The third-order valence-corrected chi connectivity index (χ3v) is 5.08. The van der Waals surface area contributed by atoms with Gasteiger partial charge in [-0.3, -0.25) is 9.59 Å². The Labute approximate surface area is 167 Å². The SMILES string of the molecule is CC(=O)NCCn1c(-c2csc(COc3ccccc3)n2)cc(C(N)=O)c1C. The molecule has 3 rings (SSSR count). The minimum atomic E-state index is -0.486. The van der Waals surface area contributed by atoms with Crippen LogP contribution in [0.1, 0.15) is 28.0 Å². The number of primary amides is 1. The smallest absolute Gasteiger partial charge is 0.250 e. The fourth-order valence-corrected chi connectivity index (χ4v) is 3.59. The van der Waals surface area contributed by atoms with Gasteiger partial charge in [-0.2, -0.15) is 0 Å². The lowest BCUT2D eigenvalue weighted by atomic mass is 10.2. The van der Waals surface area contributed by atoms with Gasteiger partial charge in [0.2, 0.25) is 5.91 Å². The molecule has 0 bridgehead atoms. The Hall–Kier alpha value is -3.13. The van der Waals surface area contributed by atoms with E-state index in [0.29, 0.717) is 25.3 Å². The number of carbonyl (C=O) groups excluding carboxylic acids is 2. The standard InChI is InChI=1S/C20H22N4O3S/c1-13-16(20(21)26)10-18(24(13)9-8-22-14(2)25)17-12-28-19(23-17)11-27-15-6-4-3-5-7-15/h3-7,10,12H,8-9,11H2,1-2H3,(H2,21,26)(H,22,25). The van der Waals surface area contributed by atoms with Crippen molar-refractivity contribution in [1.29, 1.82) is 0 Å². The Bertz CT molecular complexity index is 979. The van der Waals surface area contributed by atoms with Crippen LogP contribution in [0, 0.1) is 6.92 Å². The second kappa shape index (κ2) is 8.71. The number of carbonyl (C=O) groups is 2. The molecule has 2 amide bonds. The molecule has 0 saturated heterocycles. The molecule has 28 heavy (non-hydrogen) atoms. The highest BCUT2D eigenvalue weighted by Gasteiger charge is 2.18. The van der Waals surface area contributed by atoms with E-state index >= 15 is 0 Å². The lowest BCUT2D eigenvalue weighted by Gasteiger charge is -2.11. The Balaban J connectivity index is 1.81. The number of hydrogen-bond acceptors (Lipinski definition) is 5. The van der Waals surface area contributed by atoms with Gasteiger partial charge >= 0.3 is 0 Å². The monoisotopic (exact) mass is 398 g/mol. The van der Waals surface area contributed by atoms with E-state index in [1.807, 2.05) is 47.2 Å². The van der Waals surface area contributed by atoms with E-state index in [1.54, 1.807) is 6.07 Å². The summed E-state index contributed by atoms with van der Waals surface area (Å²) in [5.41, 5.74) is 8.25. The fraction of sp³-hybridized carbons (Fsp3) is 0.250. The van der Waals surface area contributed by atoms with Gasteiger partial charge in [0.1, 0.15) is 17.4 Å². The summed E-state index contributed by atoms with van der Waals surface area (Å²) in [6.07, 6.45) is 0. The number of para-hydroxylation sites is 1. The van der Waals surface area contributed by atoms with Crippen LogP contribution >= 0.6 is 11.3 Å². The highest BCUT2D eigenvalue weighted by molar-refractivity contribution is 7.09. The molecular formula is C20H22N4O3S. The Morgan fingerprint density at radius 2 is 2.04 bits per heavy atom. The lowest BCUT2D eigenvalue weighted by Crippen LogP contribution is -2.25. The van der Waals surface area contributed by atoms with E-state index < -0.39 is 5.91 Å². The molecule has 7 nitrogen and oxygen atoms in total. The highest BCUT2D eigenvalue weighted by Crippen LogP contribution is 2.27. The van der Waals surface area contributed by atoms with Crippen LogP contribution in [0.25, 0.3) is 11.4 Å². The van der Waals surface area contributed by atoms with Crippen molar-refractivity contribution >= 4 is 23.2 Å². The summed E-state index contributed by atoms with van der Waals surface area (Å²) in [5.74, 6) is 0.195. The number of hydrogen-bond donors (Lipinski definition) is 2. The number of amides is 2. The van der Waals surface area contributed by atoms with Crippen molar-refractivity contribution in [2.75, 3.05) is 6.54 Å². The number of rotatable bonds is 8. The van der Waals surface area contributed by atoms with Gasteiger partial charge in [-0.25, -0.2) is 4.98 Å². The van der Waals surface area contributed by atoms with E-state index in [1.165, 1.54) is 18.3 Å². The molecule has 0 fully saturated rings. The molecule has 1 aromatic carbocycles.